The molecule has 1 heterocycles. The summed E-state index contributed by atoms with van der Waals surface area (Å²) >= 11 is 1.79. The van der Waals surface area contributed by atoms with Gasteiger partial charge in [0.05, 0.1) is 6.04 Å². The maximum Gasteiger partial charge on any atom is 0.126 e. The van der Waals surface area contributed by atoms with Gasteiger partial charge in [-0.25, -0.2) is 0 Å². The average molecular weight is 710 g/mol. The summed E-state index contributed by atoms with van der Waals surface area (Å²) in [5, 5.41) is 5.96. The molecule has 0 aliphatic carbocycles. The van der Waals surface area contributed by atoms with Crippen molar-refractivity contribution >= 4 is 72.1 Å². The minimum atomic E-state index is -0.366. The quantitative estimate of drug-likeness (QED) is 0.0415. The number of amidine groups is 1. The molecule has 0 saturated carbocycles. The van der Waals surface area contributed by atoms with Crippen LogP contribution in [0, 0.1) is 0 Å². The largest absolute Gasteiger partial charge is 0.404 e. The fraction of sp³-hybridized carbons (Fsp3) is 0.0426. The third-order valence-corrected chi connectivity index (χ3v) is 10.2. The van der Waals surface area contributed by atoms with E-state index >= 15 is 0 Å². The van der Waals surface area contributed by atoms with Crippen molar-refractivity contribution in [3.63, 3.8) is 0 Å². The number of nitrogens with one attached hydrogen (secondary N) is 1. The Morgan fingerprint density at radius 1 is 0.887 bits per heavy atom. The van der Waals surface area contributed by atoms with E-state index in [1.165, 1.54) is 20.2 Å². The topological polar surface area (TPSA) is 102 Å². The zero-order chi connectivity index (χ0) is 37.3. The van der Waals surface area contributed by atoms with Crippen molar-refractivity contribution in [1.29, 1.82) is 0 Å². The first kappa shape index (κ1) is 36.2. The molecule has 53 heavy (non-hydrogen) atoms. The average Bonchev–Trinajstić information content (AvgIpc) is 3.56. The zero-order valence-corrected chi connectivity index (χ0v) is 30.6. The van der Waals surface area contributed by atoms with Crippen LogP contribution in [0.2, 0.25) is 0 Å². The van der Waals surface area contributed by atoms with Crippen LogP contribution in [0.25, 0.3) is 49.0 Å². The van der Waals surface area contributed by atoms with Crippen LogP contribution in [0.15, 0.2) is 176 Å². The van der Waals surface area contributed by atoms with Crippen LogP contribution in [0.1, 0.15) is 35.2 Å². The van der Waals surface area contributed by atoms with Gasteiger partial charge in [-0.3, -0.25) is 4.99 Å². The van der Waals surface area contributed by atoms with Gasteiger partial charge in [0.25, 0.3) is 0 Å². The Kier molecular flexibility index (Phi) is 11.3. The highest BCUT2D eigenvalue weighted by Gasteiger charge is 2.15. The maximum atomic E-state index is 6.56. The lowest BCUT2D eigenvalue weighted by Gasteiger charge is -2.13. The van der Waals surface area contributed by atoms with Crippen LogP contribution in [0.3, 0.4) is 0 Å². The van der Waals surface area contributed by atoms with Crippen molar-refractivity contribution in [3.8, 4) is 11.1 Å². The summed E-state index contributed by atoms with van der Waals surface area (Å²) in [6.07, 6.45) is 16.7. The normalized spacial score (nSPS) is 13.2. The van der Waals surface area contributed by atoms with E-state index in [1.54, 1.807) is 29.7 Å². The molecule has 1 atom stereocenters. The number of allylic oxidation sites excluding steroid dienone is 5. The molecule has 262 valence electrons. The van der Waals surface area contributed by atoms with E-state index < -0.39 is 0 Å². The molecule has 0 bridgehead atoms. The molecule has 0 fully saturated rings. The molecule has 6 heteroatoms. The number of benzene rings is 5. The Balaban J connectivity index is 1.38. The molecule has 7 N–H and O–H groups in total. The van der Waals surface area contributed by atoms with E-state index in [1.807, 2.05) is 49.4 Å². The minimum absolute atomic E-state index is 0.366. The van der Waals surface area contributed by atoms with E-state index in [4.69, 9.17) is 22.2 Å². The summed E-state index contributed by atoms with van der Waals surface area (Å²) in [5.74, 6) is 0.384. The van der Waals surface area contributed by atoms with E-state index in [0.29, 0.717) is 17.1 Å². The molecule has 5 aromatic carbocycles. The van der Waals surface area contributed by atoms with Crippen LogP contribution in [0.5, 0.6) is 0 Å². The molecule has 1 unspecified atom stereocenters. The predicted molar refractivity (Wildman–Crippen MR) is 234 cm³/mol. The van der Waals surface area contributed by atoms with E-state index in [-0.39, 0.29) is 6.04 Å². The van der Waals surface area contributed by atoms with Crippen LogP contribution in [0.4, 0.5) is 17.1 Å². The van der Waals surface area contributed by atoms with Gasteiger partial charge in [-0.1, -0.05) is 129 Å². The Morgan fingerprint density at radius 2 is 1.70 bits per heavy atom. The van der Waals surface area contributed by atoms with E-state index in [9.17, 15) is 0 Å². The molecular weight excluding hydrogens is 667 g/mol. The fourth-order valence-electron chi connectivity index (χ4n) is 6.27. The summed E-state index contributed by atoms with van der Waals surface area (Å²) in [5.41, 5.74) is 29.1. The molecular formula is C47H43N5S. The van der Waals surface area contributed by atoms with Gasteiger partial charge in [-0.05, 0) is 88.3 Å². The summed E-state index contributed by atoms with van der Waals surface area (Å²) < 4.78 is 2.43. The number of nitrogens with zero attached hydrogens (tertiary/aromatic N) is 1. The number of fused-ring (bicyclic) bond motifs is 3. The van der Waals surface area contributed by atoms with Gasteiger partial charge in [0, 0.05) is 49.0 Å². The molecule has 5 nitrogen and oxygen atoms in total. The molecule has 0 radical (unpaired) electrons. The molecule has 0 spiro atoms. The lowest BCUT2D eigenvalue weighted by molar-refractivity contribution is 0.914. The number of rotatable bonds is 13. The maximum absolute atomic E-state index is 6.56. The lowest BCUT2D eigenvalue weighted by Crippen LogP contribution is -2.15. The highest BCUT2D eigenvalue weighted by Crippen LogP contribution is 2.42. The molecule has 0 aliphatic rings. The van der Waals surface area contributed by atoms with Crippen molar-refractivity contribution < 1.29 is 0 Å². The van der Waals surface area contributed by atoms with Gasteiger partial charge in [0.1, 0.15) is 5.84 Å². The SMILES string of the molecule is C=C/C=C(\C=C)C(N)=NC(/C=C/c1ccc(C(/C=C\C)=C/N)cc1)c1cccc(-c2cccc3c2sc2ccc(Nc4ccc(N)cc4C=C)cc23)c1. The van der Waals surface area contributed by atoms with Gasteiger partial charge in [-0.2, -0.15) is 0 Å². The number of hydrogen-bond donors (Lipinski definition) is 4. The van der Waals surface area contributed by atoms with Gasteiger partial charge in [0.2, 0.25) is 0 Å². The van der Waals surface area contributed by atoms with Crippen LogP contribution >= 0.6 is 11.3 Å². The summed E-state index contributed by atoms with van der Waals surface area (Å²) in [4.78, 5) is 5.00. The first-order valence-corrected chi connectivity index (χ1v) is 18.1. The van der Waals surface area contributed by atoms with Crippen molar-refractivity contribution in [2.75, 3.05) is 11.1 Å². The second-order valence-electron chi connectivity index (χ2n) is 12.4. The number of nitrogens with two attached hydrogens (primary N) is 3. The third kappa shape index (κ3) is 8.14. The number of thiophene rings is 1. The van der Waals surface area contributed by atoms with Crippen molar-refractivity contribution in [2.45, 2.75) is 13.0 Å². The molecule has 0 amide bonds. The van der Waals surface area contributed by atoms with Gasteiger partial charge < -0.3 is 22.5 Å². The first-order chi connectivity index (χ1) is 25.8. The Bertz CT molecular complexity index is 2470. The van der Waals surface area contributed by atoms with E-state index in [0.717, 1.165) is 50.3 Å². The Morgan fingerprint density at radius 3 is 2.43 bits per heavy atom. The third-order valence-electron chi connectivity index (χ3n) is 8.94. The summed E-state index contributed by atoms with van der Waals surface area (Å²) in [6.45, 7) is 13.7. The van der Waals surface area contributed by atoms with Crippen LogP contribution < -0.4 is 22.5 Å². The molecule has 0 aliphatic heterocycles. The Labute approximate surface area is 315 Å². The first-order valence-electron chi connectivity index (χ1n) is 17.3. The second kappa shape index (κ2) is 16.6. The molecule has 6 aromatic rings. The van der Waals surface area contributed by atoms with E-state index in [2.05, 4.69) is 122 Å². The number of nitrogen functional groups attached to an aromatic ring is 1. The monoisotopic (exact) mass is 709 g/mol. The minimum Gasteiger partial charge on any atom is -0.404 e. The van der Waals surface area contributed by atoms with Crippen LogP contribution in [-0.4, -0.2) is 5.84 Å². The second-order valence-corrected chi connectivity index (χ2v) is 13.5. The van der Waals surface area contributed by atoms with Gasteiger partial charge >= 0.3 is 0 Å². The highest BCUT2D eigenvalue weighted by molar-refractivity contribution is 7.26. The Hall–Kier alpha value is -6.63. The highest BCUT2D eigenvalue weighted by atomic mass is 32.1. The molecule has 0 saturated heterocycles. The number of anilines is 3. The fourth-order valence-corrected chi connectivity index (χ4v) is 7.49. The lowest BCUT2D eigenvalue weighted by atomic mass is 9.97. The van der Waals surface area contributed by atoms with Crippen molar-refractivity contribution in [3.05, 3.63) is 193 Å². The standard InChI is InChI=1S/C47H43N5S/c1-5-11-32(7-3)47(50)52-44(24-19-31-17-20-34(21-18-31)37(30-48)12-6-2)36-14-9-13-35(27-36)40-15-10-16-41-42-29-39(23-26-45(42)53-46(40)41)51-43-25-22-38(49)28-33(43)8-4/h5-30,44,51H,1,3-4,48-49H2,2H3,(H2,50,52)/b12-6-,24-19+,32-11+,37-30+. The molecule has 1 aromatic heterocycles. The summed E-state index contributed by atoms with van der Waals surface area (Å²) in [7, 11) is 0. The van der Waals surface area contributed by atoms with Gasteiger partial charge in [0.15, 0.2) is 0 Å². The number of aliphatic imine (C=N–C) groups is 1. The zero-order valence-electron chi connectivity index (χ0n) is 29.8. The number of hydrogen-bond acceptors (Lipinski definition) is 5. The van der Waals surface area contributed by atoms with Crippen molar-refractivity contribution in [2.24, 2.45) is 16.5 Å². The van der Waals surface area contributed by atoms with Crippen molar-refractivity contribution in [1.82, 2.24) is 0 Å². The predicted octanol–water partition coefficient (Wildman–Crippen LogP) is 12.0. The van der Waals surface area contributed by atoms with Crippen LogP contribution in [-0.2, 0) is 0 Å². The summed E-state index contributed by atoms with van der Waals surface area (Å²) in [6, 6.07) is 35.3. The molecule has 6 rings (SSSR count). The smallest absolute Gasteiger partial charge is 0.126 e. The van der Waals surface area contributed by atoms with Gasteiger partial charge in [-0.15, -0.1) is 11.3 Å².